The summed E-state index contributed by atoms with van der Waals surface area (Å²) in [6.07, 6.45) is -0.296. The first-order chi connectivity index (χ1) is 3.42. The average molecular weight is 174 g/mol. The lowest BCUT2D eigenvalue weighted by Gasteiger charge is -2.06. The fourth-order valence-corrected chi connectivity index (χ4v) is 1.13. The minimum absolute atomic E-state index is 0. The van der Waals surface area contributed by atoms with E-state index in [0.29, 0.717) is 0 Å². The van der Waals surface area contributed by atoms with Crippen molar-refractivity contribution in [1.29, 1.82) is 0 Å². The molecule has 2 atom stereocenters. The van der Waals surface area contributed by atoms with E-state index >= 15 is 0 Å². The summed E-state index contributed by atoms with van der Waals surface area (Å²) >= 11 is 0. The van der Waals surface area contributed by atoms with E-state index < -0.39 is 7.68 Å². The van der Waals surface area contributed by atoms with Crippen LogP contribution in [-0.2, 0) is 9.09 Å². The van der Waals surface area contributed by atoms with Crippen molar-refractivity contribution >= 4 is 17.6 Å². The van der Waals surface area contributed by atoms with Crippen LogP contribution in [0.2, 0.25) is 0 Å². The van der Waals surface area contributed by atoms with Gasteiger partial charge in [0, 0.05) is 6.66 Å². The van der Waals surface area contributed by atoms with Gasteiger partial charge < -0.3 is 4.52 Å². The first-order valence-corrected chi connectivity index (χ1v) is 4.33. The Balaban J connectivity index is 0. The number of rotatable bonds is 2. The molecular weight excluding hydrogens is 161 g/mol. The topological polar surface area (TPSA) is 26.3 Å². The maximum Gasteiger partial charge on any atom is 0.364 e. The molecule has 0 heterocycles. The Bertz CT molecular complexity index is 109. The molecule has 2 nitrogen and oxygen atoms in total. The molecule has 0 amide bonds. The molecule has 5 heteroatoms. The molecule has 0 aliphatic rings. The Hall–Kier alpha value is 0.550. The highest BCUT2D eigenvalue weighted by molar-refractivity contribution is 7.52. The van der Waals surface area contributed by atoms with E-state index in [2.05, 4.69) is 4.52 Å². The van der Waals surface area contributed by atoms with Crippen LogP contribution >= 0.6 is 17.6 Å². The van der Waals surface area contributed by atoms with Crippen LogP contribution in [0.1, 0.15) is 13.8 Å². The van der Waals surface area contributed by atoms with Gasteiger partial charge in [-0.05, 0) is 13.8 Å². The molecule has 0 fully saturated rings. The highest BCUT2D eigenvalue weighted by Crippen LogP contribution is 2.44. The highest BCUT2D eigenvalue weighted by atomic mass is 31.2. The van der Waals surface area contributed by atoms with Crippen LogP contribution in [0, 0.1) is 0 Å². The molecule has 0 saturated carbocycles. The molecule has 0 aromatic rings. The third-order valence-corrected chi connectivity index (χ3v) is 1.20. The van der Waals surface area contributed by atoms with E-state index in [-0.39, 0.29) is 16.0 Å². The molecule has 0 aliphatic heterocycles. The summed E-state index contributed by atoms with van der Waals surface area (Å²) < 4.78 is 26.4. The summed E-state index contributed by atoms with van der Waals surface area (Å²) in [6, 6.07) is 0. The molecular formula is C4H13FO2P2. The SMILES string of the molecule is CC(C)OP(C)(=O)F.P. The van der Waals surface area contributed by atoms with Crippen molar-refractivity contribution in [3.8, 4) is 0 Å². The second-order valence-corrected chi connectivity index (χ2v) is 3.61. The molecule has 58 valence electrons. The van der Waals surface area contributed by atoms with Gasteiger partial charge in [-0.3, -0.25) is 4.57 Å². The number of halogens is 1. The molecule has 0 saturated heterocycles. The van der Waals surface area contributed by atoms with E-state index in [9.17, 15) is 8.76 Å². The predicted molar refractivity (Wildman–Crippen MR) is 42.0 cm³/mol. The first kappa shape index (κ1) is 12.2. The second kappa shape index (κ2) is 4.38. The minimum atomic E-state index is -3.72. The van der Waals surface area contributed by atoms with Crippen LogP contribution in [0.4, 0.5) is 4.20 Å². The van der Waals surface area contributed by atoms with Gasteiger partial charge in [0.15, 0.2) is 0 Å². The lowest BCUT2D eigenvalue weighted by atomic mass is 10.5. The van der Waals surface area contributed by atoms with Gasteiger partial charge in [0.05, 0.1) is 6.10 Å². The average Bonchev–Trinajstić information content (AvgIpc) is 1.21. The molecule has 0 bridgehead atoms. The molecule has 2 unspecified atom stereocenters. The standard InChI is InChI=1S/C4H10FO2P.H3P/c1-4(2)7-8(3,5)6;/h4H,1-3H3;1H3. The van der Waals surface area contributed by atoms with E-state index in [1.165, 1.54) is 0 Å². The zero-order valence-electron chi connectivity index (χ0n) is 5.93. The maximum absolute atomic E-state index is 12.0. The van der Waals surface area contributed by atoms with Crippen molar-refractivity contribution in [3.05, 3.63) is 0 Å². The van der Waals surface area contributed by atoms with Crippen LogP contribution in [0.25, 0.3) is 0 Å². The van der Waals surface area contributed by atoms with Crippen molar-refractivity contribution in [1.82, 2.24) is 0 Å². The van der Waals surface area contributed by atoms with Crippen LogP contribution < -0.4 is 0 Å². The second-order valence-electron chi connectivity index (χ2n) is 1.90. The zero-order chi connectivity index (χ0) is 6.78. The smallest absolute Gasteiger partial charge is 0.303 e. The van der Waals surface area contributed by atoms with Crippen molar-refractivity contribution in [2.75, 3.05) is 6.66 Å². The van der Waals surface area contributed by atoms with Crippen LogP contribution in [0.5, 0.6) is 0 Å². The quantitative estimate of drug-likeness (QED) is 0.600. The summed E-state index contributed by atoms with van der Waals surface area (Å²) in [5, 5.41) is 0. The minimum Gasteiger partial charge on any atom is -0.303 e. The summed E-state index contributed by atoms with van der Waals surface area (Å²) in [7, 11) is -3.72. The molecule has 0 rings (SSSR count). The van der Waals surface area contributed by atoms with Gasteiger partial charge in [-0.25, -0.2) is 0 Å². The van der Waals surface area contributed by atoms with Gasteiger partial charge in [-0.1, -0.05) is 0 Å². The zero-order valence-corrected chi connectivity index (χ0v) is 8.23. The molecule has 9 heavy (non-hydrogen) atoms. The molecule has 0 radical (unpaired) electrons. The highest BCUT2D eigenvalue weighted by Gasteiger charge is 2.13. The van der Waals surface area contributed by atoms with Gasteiger partial charge >= 0.3 is 7.68 Å². The third-order valence-electron chi connectivity index (χ3n) is 0.399. The Morgan fingerprint density at radius 2 is 1.89 bits per heavy atom. The molecule has 0 aliphatic carbocycles. The fraction of sp³-hybridized carbons (Fsp3) is 1.00. The normalized spacial score (nSPS) is 16.6. The molecule has 0 spiro atoms. The van der Waals surface area contributed by atoms with Crippen molar-refractivity contribution in [2.45, 2.75) is 20.0 Å². The lowest BCUT2D eigenvalue weighted by molar-refractivity contribution is 0.227. The molecule has 0 aromatic heterocycles. The van der Waals surface area contributed by atoms with E-state index in [1.54, 1.807) is 13.8 Å². The number of hydrogen-bond acceptors (Lipinski definition) is 2. The summed E-state index contributed by atoms with van der Waals surface area (Å²) in [5.74, 6) is 0. The Morgan fingerprint density at radius 3 is 1.89 bits per heavy atom. The van der Waals surface area contributed by atoms with Crippen molar-refractivity contribution < 1.29 is 13.3 Å². The van der Waals surface area contributed by atoms with Crippen molar-refractivity contribution in [2.24, 2.45) is 0 Å². The van der Waals surface area contributed by atoms with Crippen molar-refractivity contribution in [3.63, 3.8) is 0 Å². The van der Waals surface area contributed by atoms with Crippen LogP contribution in [-0.4, -0.2) is 12.8 Å². The van der Waals surface area contributed by atoms with E-state index in [1.807, 2.05) is 0 Å². The Kier molecular flexibility index (Phi) is 5.96. The Morgan fingerprint density at radius 1 is 1.56 bits per heavy atom. The Labute approximate surface area is 58.4 Å². The summed E-state index contributed by atoms with van der Waals surface area (Å²) in [4.78, 5) is 0. The third kappa shape index (κ3) is 11.9. The largest absolute Gasteiger partial charge is 0.364 e. The number of hydrogen-bond donors (Lipinski definition) is 0. The first-order valence-electron chi connectivity index (χ1n) is 2.37. The lowest BCUT2D eigenvalue weighted by Crippen LogP contribution is -1.96. The van der Waals surface area contributed by atoms with Crippen LogP contribution in [0.15, 0.2) is 0 Å². The maximum atomic E-state index is 12.0. The molecule has 0 aromatic carbocycles. The predicted octanol–water partition coefficient (Wildman–Crippen LogP) is 2.26. The summed E-state index contributed by atoms with van der Waals surface area (Å²) in [6.45, 7) is 4.22. The fourth-order valence-electron chi connectivity index (χ4n) is 0.377. The summed E-state index contributed by atoms with van der Waals surface area (Å²) in [5.41, 5.74) is 0. The molecule has 0 N–H and O–H groups in total. The monoisotopic (exact) mass is 174 g/mol. The van der Waals surface area contributed by atoms with Crippen LogP contribution in [0.3, 0.4) is 0 Å². The van der Waals surface area contributed by atoms with Gasteiger partial charge in [0.1, 0.15) is 0 Å². The van der Waals surface area contributed by atoms with Gasteiger partial charge in [-0.2, -0.15) is 14.1 Å². The van der Waals surface area contributed by atoms with Gasteiger partial charge in [0.2, 0.25) is 0 Å². The van der Waals surface area contributed by atoms with E-state index in [0.717, 1.165) is 6.66 Å². The van der Waals surface area contributed by atoms with Gasteiger partial charge in [-0.15, -0.1) is 0 Å². The van der Waals surface area contributed by atoms with Gasteiger partial charge in [0.25, 0.3) is 0 Å². The van der Waals surface area contributed by atoms with E-state index in [4.69, 9.17) is 0 Å².